The van der Waals surface area contributed by atoms with Crippen LogP contribution in [0.3, 0.4) is 0 Å². The Kier molecular flexibility index (Phi) is 0.982. The van der Waals surface area contributed by atoms with Crippen LogP contribution >= 0.6 is 0 Å². The highest BCUT2D eigenvalue weighted by Gasteiger charge is 2.06. The molecule has 0 bridgehead atoms. The predicted octanol–water partition coefficient (Wildman–Crippen LogP) is -0.707. The van der Waals surface area contributed by atoms with E-state index in [1.165, 1.54) is 0 Å². The van der Waals surface area contributed by atoms with Crippen molar-refractivity contribution in [3.8, 4) is 0 Å². The highest BCUT2D eigenvalue weighted by atomic mass is 15.2. The summed E-state index contributed by atoms with van der Waals surface area (Å²) in [7, 11) is 0. The molecule has 1 atom stereocenters. The van der Waals surface area contributed by atoms with Gasteiger partial charge in [0.25, 0.3) is 0 Å². The van der Waals surface area contributed by atoms with Gasteiger partial charge in [-0.2, -0.15) is 0 Å². The highest BCUT2D eigenvalue weighted by molar-refractivity contribution is 5.81. The lowest BCUT2D eigenvalue weighted by molar-refractivity contribution is 0.690. The molecule has 0 saturated heterocycles. The summed E-state index contributed by atoms with van der Waals surface area (Å²) in [6, 6.07) is 0. The Bertz CT molecular complexity index is 97.1. The molecule has 7 heavy (non-hydrogen) atoms. The van der Waals surface area contributed by atoms with Gasteiger partial charge in [-0.25, -0.2) is 0 Å². The van der Waals surface area contributed by atoms with Gasteiger partial charge in [0.2, 0.25) is 0 Å². The lowest BCUT2D eigenvalue weighted by Crippen LogP contribution is -2.36. The van der Waals surface area contributed by atoms with E-state index in [1.807, 2.05) is 6.92 Å². The fourth-order valence-corrected chi connectivity index (χ4v) is 0.595. The van der Waals surface area contributed by atoms with Gasteiger partial charge in [-0.3, -0.25) is 4.99 Å². The summed E-state index contributed by atoms with van der Waals surface area (Å²) in [5, 5.41) is 2.94. The van der Waals surface area contributed by atoms with Crippen molar-refractivity contribution in [2.75, 3.05) is 6.54 Å². The molecule has 40 valence electrons. The first-order valence-corrected chi connectivity index (χ1v) is 2.32. The third-order valence-corrected chi connectivity index (χ3v) is 0.919. The topological polar surface area (TPSA) is 50.4 Å². The van der Waals surface area contributed by atoms with E-state index in [0.29, 0.717) is 0 Å². The van der Waals surface area contributed by atoms with Crippen molar-refractivity contribution in [3.05, 3.63) is 0 Å². The van der Waals surface area contributed by atoms with Crippen molar-refractivity contribution in [1.29, 1.82) is 0 Å². The number of amidine groups is 1. The fraction of sp³-hybridized carbons (Fsp3) is 0.750. The molecule has 3 N–H and O–H groups in total. The largest absolute Gasteiger partial charge is 0.357 e. The molecular weight excluding hydrogens is 90.1 g/mol. The number of aliphatic imine (C=N–C) groups is 1. The molecule has 3 nitrogen and oxygen atoms in total. The zero-order valence-corrected chi connectivity index (χ0v) is 4.31. The minimum Gasteiger partial charge on any atom is -0.357 e. The second-order valence-electron chi connectivity index (χ2n) is 1.68. The molecule has 3 heteroatoms. The van der Waals surface area contributed by atoms with Crippen molar-refractivity contribution in [1.82, 2.24) is 5.32 Å². The van der Waals surface area contributed by atoms with Gasteiger partial charge in [-0.15, -0.1) is 0 Å². The SMILES string of the molecule is CC1=NCC(N)N1. The van der Waals surface area contributed by atoms with Crippen molar-refractivity contribution in [2.45, 2.75) is 13.1 Å². The molecule has 0 saturated carbocycles. The molecule has 0 fully saturated rings. The minimum absolute atomic E-state index is 0.0694. The first-order valence-electron chi connectivity index (χ1n) is 2.32. The van der Waals surface area contributed by atoms with Crippen LogP contribution in [0.25, 0.3) is 0 Å². The number of rotatable bonds is 0. The van der Waals surface area contributed by atoms with Gasteiger partial charge >= 0.3 is 0 Å². The zero-order valence-electron chi connectivity index (χ0n) is 4.31. The maximum absolute atomic E-state index is 5.40. The van der Waals surface area contributed by atoms with Crippen molar-refractivity contribution in [3.63, 3.8) is 0 Å². The summed E-state index contributed by atoms with van der Waals surface area (Å²) in [5.41, 5.74) is 5.40. The van der Waals surface area contributed by atoms with Crippen LogP contribution in [0.15, 0.2) is 4.99 Å². The maximum atomic E-state index is 5.40. The molecule has 0 spiro atoms. The van der Waals surface area contributed by atoms with Crippen LogP contribution in [0, 0.1) is 0 Å². The van der Waals surface area contributed by atoms with Gasteiger partial charge in [0.1, 0.15) is 0 Å². The number of hydrogen-bond donors (Lipinski definition) is 2. The molecule has 0 aliphatic carbocycles. The molecule has 0 aromatic rings. The van der Waals surface area contributed by atoms with Crippen molar-refractivity contribution < 1.29 is 0 Å². The number of nitrogens with two attached hydrogens (primary N) is 1. The second-order valence-corrected chi connectivity index (χ2v) is 1.68. The van der Waals surface area contributed by atoms with Crippen molar-refractivity contribution >= 4 is 5.84 Å². The van der Waals surface area contributed by atoms with Crippen LogP contribution in [0.4, 0.5) is 0 Å². The summed E-state index contributed by atoms with van der Waals surface area (Å²) in [4.78, 5) is 4.00. The minimum atomic E-state index is 0.0694. The van der Waals surface area contributed by atoms with Crippen molar-refractivity contribution in [2.24, 2.45) is 10.7 Å². The highest BCUT2D eigenvalue weighted by Crippen LogP contribution is 1.86. The Morgan fingerprint density at radius 3 is 2.86 bits per heavy atom. The van der Waals surface area contributed by atoms with Gasteiger partial charge in [0.15, 0.2) is 0 Å². The predicted molar refractivity (Wildman–Crippen MR) is 29.1 cm³/mol. The van der Waals surface area contributed by atoms with E-state index in [4.69, 9.17) is 5.73 Å². The number of hydrogen-bond acceptors (Lipinski definition) is 3. The second kappa shape index (κ2) is 1.50. The van der Waals surface area contributed by atoms with E-state index in [0.717, 1.165) is 12.4 Å². The summed E-state index contributed by atoms with van der Waals surface area (Å²) in [6.45, 7) is 2.64. The molecule has 0 aromatic carbocycles. The van der Waals surface area contributed by atoms with Gasteiger partial charge in [-0.05, 0) is 6.92 Å². The first-order chi connectivity index (χ1) is 3.29. The van der Waals surface area contributed by atoms with Crippen LogP contribution in [-0.2, 0) is 0 Å². The normalized spacial score (nSPS) is 29.4. The summed E-state index contributed by atoms with van der Waals surface area (Å²) >= 11 is 0. The zero-order chi connectivity index (χ0) is 5.28. The Balaban J connectivity index is 2.42. The average molecular weight is 99.1 g/mol. The third kappa shape index (κ3) is 0.899. The molecule has 1 heterocycles. The maximum Gasteiger partial charge on any atom is 0.0953 e. The van der Waals surface area contributed by atoms with E-state index in [2.05, 4.69) is 10.3 Å². The standard InChI is InChI=1S/C4H9N3/c1-3-6-2-4(5)7-3/h4H,2,5H2,1H3,(H,6,7). The monoisotopic (exact) mass is 99.1 g/mol. The Morgan fingerprint density at radius 1 is 2.00 bits per heavy atom. The van der Waals surface area contributed by atoms with Crippen LogP contribution in [0.5, 0.6) is 0 Å². The molecule has 0 amide bonds. The first kappa shape index (κ1) is 4.59. The lowest BCUT2D eigenvalue weighted by Gasteiger charge is -1.99. The van der Waals surface area contributed by atoms with Gasteiger partial charge in [0.05, 0.1) is 18.5 Å². The molecule has 1 unspecified atom stereocenters. The van der Waals surface area contributed by atoms with E-state index >= 15 is 0 Å². The van der Waals surface area contributed by atoms with Crippen LogP contribution in [0.2, 0.25) is 0 Å². The fourth-order valence-electron chi connectivity index (χ4n) is 0.595. The summed E-state index contributed by atoms with van der Waals surface area (Å²) in [5.74, 6) is 0.951. The molecule has 1 aliphatic heterocycles. The van der Waals surface area contributed by atoms with E-state index in [9.17, 15) is 0 Å². The number of nitrogens with one attached hydrogen (secondary N) is 1. The van der Waals surface area contributed by atoms with Crippen LogP contribution in [-0.4, -0.2) is 18.5 Å². The molecule has 0 aromatic heterocycles. The third-order valence-electron chi connectivity index (χ3n) is 0.919. The van der Waals surface area contributed by atoms with Crippen LogP contribution in [0.1, 0.15) is 6.92 Å². The van der Waals surface area contributed by atoms with Gasteiger partial charge < -0.3 is 11.1 Å². The summed E-state index contributed by atoms with van der Waals surface area (Å²) in [6.07, 6.45) is 0.0694. The molecular formula is C4H9N3. The number of nitrogens with zero attached hydrogens (tertiary/aromatic N) is 1. The lowest BCUT2D eigenvalue weighted by atomic mass is 10.5. The smallest absolute Gasteiger partial charge is 0.0953 e. The Morgan fingerprint density at radius 2 is 2.71 bits per heavy atom. The molecule has 1 rings (SSSR count). The molecule has 1 aliphatic rings. The quantitative estimate of drug-likeness (QED) is 0.421. The van der Waals surface area contributed by atoms with E-state index in [-0.39, 0.29) is 6.17 Å². The Labute approximate surface area is 42.6 Å². The Hall–Kier alpha value is -0.570. The average Bonchev–Trinajstić information content (AvgIpc) is 1.87. The van der Waals surface area contributed by atoms with E-state index in [1.54, 1.807) is 0 Å². The molecule has 0 radical (unpaired) electrons. The van der Waals surface area contributed by atoms with Gasteiger partial charge in [0, 0.05) is 0 Å². The van der Waals surface area contributed by atoms with Crippen LogP contribution < -0.4 is 11.1 Å². The summed E-state index contributed by atoms with van der Waals surface area (Å²) < 4.78 is 0. The van der Waals surface area contributed by atoms with Gasteiger partial charge in [-0.1, -0.05) is 0 Å². The van der Waals surface area contributed by atoms with E-state index < -0.39 is 0 Å².